The lowest BCUT2D eigenvalue weighted by atomic mass is 10.0. The standard InChI is InChI=1S/C22H24FN3O2/c1-2-24-22(27)26-10-8-25(9-11-26)15-20-14-18-12-17(6-7-21(18)28-20)16-4-3-5-19(23)13-16/h3-7,12-14H,2,8-11,15H2,1H3,(H,24,27). The SMILES string of the molecule is CCNC(=O)N1CCN(Cc2cc3cc(-c4cccc(F)c4)ccc3o2)CC1. The van der Waals surface area contributed by atoms with Crippen LogP contribution in [0, 0.1) is 5.82 Å². The quantitative estimate of drug-likeness (QED) is 0.741. The Kier molecular flexibility index (Phi) is 5.30. The molecule has 6 heteroatoms. The maximum absolute atomic E-state index is 13.5. The van der Waals surface area contributed by atoms with Crippen molar-refractivity contribution in [2.45, 2.75) is 13.5 Å². The van der Waals surface area contributed by atoms with Crippen molar-refractivity contribution >= 4 is 17.0 Å². The molecule has 0 aliphatic carbocycles. The first-order chi connectivity index (χ1) is 13.6. The molecule has 2 heterocycles. The second-order valence-corrected chi connectivity index (χ2v) is 7.07. The van der Waals surface area contributed by atoms with Crippen LogP contribution in [0.3, 0.4) is 0 Å². The van der Waals surface area contributed by atoms with E-state index in [-0.39, 0.29) is 11.8 Å². The van der Waals surface area contributed by atoms with Gasteiger partial charge in [-0.25, -0.2) is 9.18 Å². The molecule has 0 spiro atoms. The molecule has 2 aromatic carbocycles. The number of carbonyl (C=O) groups excluding carboxylic acids is 1. The van der Waals surface area contributed by atoms with Crippen LogP contribution in [-0.4, -0.2) is 48.6 Å². The molecule has 28 heavy (non-hydrogen) atoms. The predicted octanol–water partition coefficient (Wildman–Crippen LogP) is 4.09. The second kappa shape index (κ2) is 8.02. The molecule has 1 aliphatic heterocycles. The molecule has 5 nitrogen and oxygen atoms in total. The number of halogens is 1. The van der Waals surface area contributed by atoms with Crippen molar-refractivity contribution in [2.24, 2.45) is 0 Å². The summed E-state index contributed by atoms with van der Waals surface area (Å²) in [6, 6.07) is 14.6. The van der Waals surface area contributed by atoms with Gasteiger partial charge in [0.05, 0.1) is 6.54 Å². The Morgan fingerprint density at radius 2 is 1.86 bits per heavy atom. The number of furan rings is 1. The topological polar surface area (TPSA) is 48.7 Å². The fraction of sp³-hybridized carbons (Fsp3) is 0.318. The summed E-state index contributed by atoms with van der Waals surface area (Å²) in [6.45, 7) is 6.37. The summed E-state index contributed by atoms with van der Waals surface area (Å²) in [7, 11) is 0. The smallest absolute Gasteiger partial charge is 0.317 e. The van der Waals surface area contributed by atoms with Gasteiger partial charge in [0, 0.05) is 38.1 Å². The minimum atomic E-state index is -0.239. The Morgan fingerprint density at radius 3 is 2.61 bits per heavy atom. The zero-order valence-corrected chi connectivity index (χ0v) is 16.0. The van der Waals surface area contributed by atoms with Crippen molar-refractivity contribution in [2.75, 3.05) is 32.7 Å². The summed E-state index contributed by atoms with van der Waals surface area (Å²) in [5.74, 6) is 0.662. The minimum absolute atomic E-state index is 0.00997. The van der Waals surface area contributed by atoms with Crippen LogP contribution in [0.25, 0.3) is 22.1 Å². The number of fused-ring (bicyclic) bond motifs is 1. The third-order valence-electron chi connectivity index (χ3n) is 5.09. The fourth-order valence-electron chi connectivity index (χ4n) is 3.62. The first-order valence-electron chi connectivity index (χ1n) is 9.66. The van der Waals surface area contributed by atoms with E-state index in [0.717, 1.165) is 54.0 Å². The van der Waals surface area contributed by atoms with E-state index in [2.05, 4.69) is 10.2 Å². The molecule has 0 bridgehead atoms. The Bertz CT molecular complexity index is 977. The molecular formula is C22H24FN3O2. The van der Waals surface area contributed by atoms with E-state index in [4.69, 9.17) is 4.42 Å². The van der Waals surface area contributed by atoms with Crippen LogP contribution in [0.2, 0.25) is 0 Å². The number of hydrogen-bond donors (Lipinski definition) is 1. The Balaban J connectivity index is 1.43. The number of nitrogens with one attached hydrogen (secondary N) is 1. The molecule has 0 radical (unpaired) electrons. The molecule has 0 atom stereocenters. The van der Waals surface area contributed by atoms with E-state index in [1.807, 2.05) is 42.2 Å². The molecule has 1 N–H and O–H groups in total. The number of hydrogen-bond acceptors (Lipinski definition) is 3. The van der Waals surface area contributed by atoms with Crippen molar-refractivity contribution in [1.82, 2.24) is 15.1 Å². The minimum Gasteiger partial charge on any atom is -0.460 e. The van der Waals surface area contributed by atoms with Crippen LogP contribution in [-0.2, 0) is 6.54 Å². The van der Waals surface area contributed by atoms with Gasteiger partial charge in [-0.2, -0.15) is 0 Å². The molecule has 3 aromatic rings. The van der Waals surface area contributed by atoms with Crippen molar-refractivity contribution in [1.29, 1.82) is 0 Å². The molecule has 4 rings (SSSR count). The van der Waals surface area contributed by atoms with Crippen LogP contribution >= 0.6 is 0 Å². The van der Waals surface area contributed by atoms with Crippen LogP contribution in [0.4, 0.5) is 9.18 Å². The van der Waals surface area contributed by atoms with Gasteiger partial charge in [0.2, 0.25) is 0 Å². The van der Waals surface area contributed by atoms with Gasteiger partial charge in [-0.1, -0.05) is 18.2 Å². The van der Waals surface area contributed by atoms with Gasteiger partial charge in [-0.05, 0) is 48.4 Å². The number of benzene rings is 2. The van der Waals surface area contributed by atoms with Crippen LogP contribution in [0.1, 0.15) is 12.7 Å². The highest BCUT2D eigenvalue weighted by molar-refractivity contribution is 5.84. The molecule has 1 aliphatic rings. The fourth-order valence-corrected chi connectivity index (χ4v) is 3.62. The molecule has 1 saturated heterocycles. The van der Waals surface area contributed by atoms with E-state index in [9.17, 15) is 9.18 Å². The molecule has 1 fully saturated rings. The first-order valence-corrected chi connectivity index (χ1v) is 9.66. The molecule has 2 amide bonds. The van der Waals surface area contributed by atoms with Gasteiger partial charge < -0.3 is 14.6 Å². The van der Waals surface area contributed by atoms with E-state index in [0.29, 0.717) is 13.1 Å². The van der Waals surface area contributed by atoms with Crippen LogP contribution in [0.5, 0.6) is 0 Å². The average molecular weight is 381 g/mol. The normalized spacial score (nSPS) is 15.1. The highest BCUT2D eigenvalue weighted by Gasteiger charge is 2.21. The first kappa shape index (κ1) is 18.5. The van der Waals surface area contributed by atoms with E-state index in [1.54, 1.807) is 6.07 Å². The number of amides is 2. The number of urea groups is 1. The number of rotatable bonds is 4. The largest absolute Gasteiger partial charge is 0.460 e. The Labute approximate surface area is 163 Å². The lowest BCUT2D eigenvalue weighted by Gasteiger charge is -2.34. The van der Waals surface area contributed by atoms with Crippen LogP contribution in [0.15, 0.2) is 52.9 Å². The summed E-state index contributed by atoms with van der Waals surface area (Å²) in [5, 5.41) is 3.86. The third-order valence-corrected chi connectivity index (χ3v) is 5.09. The zero-order chi connectivity index (χ0) is 19.5. The van der Waals surface area contributed by atoms with Crippen molar-refractivity contribution in [3.05, 3.63) is 60.1 Å². The summed E-state index contributed by atoms with van der Waals surface area (Å²) in [4.78, 5) is 16.0. The predicted molar refractivity (Wildman–Crippen MR) is 108 cm³/mol. The Morgan fingerprint density at radius 1 is 1.07 bits per heavy atom. The number of carbonyl (C=O) groups is 1. The third kappa shape index (κ3) is 4.02. The molecule has 1 aromatic heterocycles. The van der Waals surface area contributed by atoms with Gasteiger partial charge in [-0.3, -0.25) is 4.90 Å². The highest BCUT2D eigenvalue weighted by atomic mass is 19.1. The molecule has 146 valence electrons. The molecule has 0 saturated carbocycles. The zero-order valence-electron chi connectivity index (χ0n) is 16.0. The average Bonchev–Trinajstić information content (AvgIpc) is 3.10. The van der Waals surface area contributed by atoms with E-state index in [1.165, 1.54) is 12.1 Å². The molecule has 0 unspecified atom stereocenters. The van der Waals surface area contributed by atoms with Gasteiger partial charge in [0.25, 0.3) is 0 Å². The Hall–Kier alpha value is -2.86. The van der Waals surface area contributed by atoms with Gasteiger partial charge in [0.15, 0.2) is 0 Å². The number of nitrogens with zero attached hydrogens (tertiary/aromatic N) is 2. The summed E-state index contributed by atoms with van der Waals surface area (Å²) >= 11 is 0. The van der Waals surface area contributed by atoms with E-state index >= 15 is 0 Å². The van der Waals surface area contributed by atoms with Crippen LogP contribution < -0.4 is 5.32 Å². The highest BCUT2D eigenvalue weighted by Crippen LogP contribution is 2.27. The van der Waals surface area contributed by atoms with Crippen molar-refractivity contribution < 1.29 is 13.6 Å². The summed E-state index contributed by atoms with van der Waals surface area (Å²) in [5.41, 5.74) is 2.65. The van der Waals surface area contributed by atoms with Gasteiger partial charge in [-0.15, -0.1) is 0 Å². The number of piperazine rings is 1. The van der Waals surface area contributed by atoms with Crippen molar-refractivity contribution in [3.8, 4) is 11.1 Å². The lowest BCUT2D eigenvalue weighted by molar-refractivity contribution is 0.131. The van der Waals surface area contributed by atoms with Gasteiger partial charge in [0.1, 0.15) is 17.2 Å². The maximum atomic E-state index is 13.5. The lowest BCUT2D eigenvalue weighted by Crippen LogP contribution is -2.51. The summed E-state index contributed by atoms with van der Waals surface area (Å²) in [6.07, 6.45) is 0. The maximum Gasteiger partial charge on any atom is 0.317 e. The monoisotopic (exact) mass is 381 g/mol. The molecular weight excluding hydrogens is 357 g/mol. The second-order valence-electron chi connectivity index (χ2n) is 7.07. The van der Waals surface area contributed by atoms with E-state index < -0.39 is 0 Å². The summed E-state index contributed by atoms with van der Waals surface area (Å²) < 4.78 is 19.5. The van der Waals surface area contributed by atoms with Gasteiger partial charge >= 0.3 is 6.03 Å². The van der Waals surface area contributed by atoms with Crippen molar-refractivity contribution in [3.63, 3.8) is 0 Å².